The third-order valence-corrected chi connectivity index (χ3v) is 2.11. The van der Waals surface area contributed by atoms with Crippen LogP contribution in [0.3, 0.4) is 0 Å². The molecule has 0 radical (unpaired) electrons. The van der Waals surface area contributed by atoms with Crippen molar-refractivity contribution in [3.05, 3.63) is 35.9 Å². The molecule has 0 spiro atoms. The summed E-state index contributed by atoms with van der Waals surface area (Å²) in [5.74, 6) is 0. The number of hydrogen-bond donors (Lipinski definition) is 0. The van der Waals surface area contributed by atoms with Crippen molar-refractivity contribution in [3.63, 3.8) is 0 Å². The molecule has 0 unspecified atom stereocenters. The van der Waals surface area contributed by atoms with Crippen LogP contribution in [0.5, 0.6) is 0 Å². The Morgan fingerprint density at radius 1 is 1.25 bits per heavy atom. The zero-order valence-corrected chi connectivity index (χ0v) is 9.07. The van der Waals surface area contributed by atoms with Gasteiger partial charge >= 0.3 is 0 Å². The highest BCUT2D eigenvalue weighted by Gasteiger charge is 1.85. The quantitative estimate of drug-likeness (QED) is 0.454. The average molecular weight is 273 g/mol. The summed E-state index contributed by atoms with van der Waals surface area (Å²) >= 11 is 2.35. The molecule has 0 N–H and O–H groups in total. The van der Waals surface area contributed by atoms with Crippen LogP contribution in [0.1, 0.15) is 12.0 Å². The zero-order chi connectivity index (χ0) is 8.65. The summed E-state index contributed by atoms with van der Waals surface area (Å²) in [4.78, 5) is 4.30. The summed E-state index contributed by atoms with van der Waals surface area (Å²) in [6.07, 6.45) is 3.08. The van der Waals surface area contributed by atoms with Gasteiger partial charge in [0.15, 0.2) is 0 Å². The van der Waals surface area contributed by atoms with Gasteiger partial charge in [-0.15, -0.1) is 0 Å². The van der Waals surface area contributed by atoms with Gasteiger partial charge < -0.3 is 0 Å². The van der Waals surface area contributed by atoms with Gasteiger partial charge in [0.1, 0.15) is 0 Å². The first-order chi connectivity index (χ1) is 5.93. The fourth-order valence-corrected chi connectivity index (χ4v) is 1.17. The van der Waals surface area contributed by atoms with E-state index in [0.29, 0.717) is 0 Å². The molecule has 12 heavy (non-hydrogen) atoms. The molecule has 64 valence electrons. The Labute approximate surface area is 87.0 Å². The minimum Gasteiger partial charge on any atom is -0.293 e. The van der Waals surface area contributed by atoms with Gasteiger partial charge in [0, 0.05) is 4.43 Å². The van der Waals surface area contributed by atoms with Crippen LogP contribution >= 0.6 is 22.6 Å². The second-order valence-electron chi connectivity index (χ2n) is 2.49. The number of benzene rings is 1. The lowest BCUT2D eigenvalue weighted by Crippen LogP contribution is -1.81. The Balaban J connectivity index is 2.33. The van der Waals surface area contributed by atoms with Crippen molar-refractivity contribution < 1.29 is 0 Å². The van der Waals surface area contributed by atoms with Crippen molar-refractivity contribution >= 4 is 28.8 Å². The molecule has 0 fully saturated rings. The molecule has 0 saturated heterocycles. The van der Waals surface area contributed by atoms with E-state index in [1.54, 1.807) is 0 Å². The predicted molar refractivity (Wildman–Crippen MR) is 62.1 cm³/mol. The third kappa shape index (κ3) is 3.85. The molecule has 1 aromatic rings. The lowest BCUT2D eigenvalue weighted by molar-refractivity contribution is 1.07. The van der Waals surface area contributed by atoms with Crippen LogP contribution in [0.4, 0.5) is 0 Å². The summed E-state index contributed by atoms with van der Waals surface area (Å²) in [6, 6.07) is 10.3. The van der Waals surface area contributed by atoms with Gasteiger partial charge in [-0.1, -0.05) is 52.9 Å². The minimum absolute atomic E-state index is 0.817. The number of aliphatic imine (C=N–C) groups is 1. The highest BCUT2D eigenvalue weighted by molar-refractivity contribution is 14.1. The zero-order valence-electron chi connectivity index (χ0n) is 6.91. The Kier molecular flexibility index (Phi) is 4.99. The van der Waals surface area contributed by atoms with Gasteiger partial charge in [0.05, 0.1) is 6.54 Å². The highest BCUT2D eigenvalue weighted by atomic mass is 127. The van der Waals surface area contributed by atoms with E-state index in [1.807, 2.05) is 24.4 Å². The van der Waals surface area contributed by atoms with E-state index in [0.717, 1.165) is 17.4 Å². The van der Waals surface area contributed by atoms with Crippen LogP contribution in [-0.2, 0) is 6.54 Å². The van der Waals surface area contributed by atoms with Gasteiger partial charge in [0.2, 0.25) is 0 Å². The molecule has 0 aromatic heterocycles. The Hall–Kier alpha value is -0.380. The Morgan fingerprint density at radius 3 is 2.67 bits per heavy atom. The first kappa shape index (κ1) is 9.71. The summed E-state index contributed by atoms with van der Waals surface area (Å²) in [5.41, 5.74) is 1.28. The van der Waals surface area contributed by atoms with Gasteiger partial charge in [-0.25, -0.2) is 0 Å². The smallest absolute Gasteiger partial charge is 0.0635 e. The molecule has 0 atom stereocenters. The topological polar surface area (TPSA) is 12.4 Å². The van der Waals surface area contributed by atoms with Crippen LogP contribution in [-0.4, -0.2) is 10.6 Å². The molecule has 0 saturated carbocycles. The van der Waals surface area contributed by atoms with E-state index in [9.17, 15) is 0 Å². The molecule has 1 aromatic carbocycles. The second kappa shape index (κ2) is 6.17. The van der Waals surface area contributed by atoms with Crippen molar-refractivity contribution in [1.29, 1.82) is 0 Å². The Bertz CT molecular complexity index is 231. The van der Waals surface area contributed by atoms with E-state index < -0.39 is 0 Å². The van der Waals surface area contributed by atoms with Crippen LogP contribution in [0.2, 0.25) is 0 Å². The first-order valence-corrected chi connectivity index (χ1v) is 5.54. The molecular weight excluding hydrogens is 261 g/mol. The van der Waals surface area contributed by atoms with Gasteiger partial charge in [0.25, 0.3) is 0 Å². The number of rotatable bonds is 4. The van der Waals surface area contributed by atoms with Gasteiger partial charge in [-0.2, -0.15) is 0 Å². The van der Waals surface area contributed by atoms with E-state index in [1.165, 1.54) is 5.56 Å². The maximum atomic E-state index is 4.30. The minimum atomic E-state index is 0.817. The van der Waals surface area contributed by atoms with Crippen molar-refractivity contribution in [2.45, 2.75) is 13.0 Å². The van der Waals surface area contributed by atoms with Crippen LogP contribution in [0.25, 0.3) is 0 Å². The van der Waals surface area contributed by atoms with Gasteiger partial charge in [-0.3, -0.25) is 4.99 Å². The van der Waals surface area contributed by atoms with Gasteiger partial charge in [-0.05, 0) is 18.2 Å². The molecule has 1 rings (SSSR count). The molecule has 1 nitrogen and oxygen atoms in total. The molecular formula is C10H12IN. The van der Waals surface area contributed by atoms with Crippen LogP contribution in [0, 0.1) is 0 Å². The lowest BCUT2D eigenvalue weighted by Gasteiger charge is -1.93. The molecule has 0 heterocycles. The number of hydrogen-bond acceptors (Lipinski definition) is 1. The number of nitrogens with zero attached hydrogens (tertiary/aromatic N) is 1. The largest absolute Gasteiger partial charge is 0.293 e. The summed E-state index contributed by atoms with van der Waals surface area (Å²) in [6.45, 7) is 0.817. The normalized spacial score (nSPS) is 10.8. The third-order valence-electron chi connectivity index (χ3n) is 1.48. The van der Waals surface area contributed by atoms with E-state index >= 15 is 0 Å². The van der Waals surface area contributed by atoms with E-state index in [2.05, 4.69) is 39.7 Å². The monoisotopic (exact) mass is 273 g/mol. The van der Waals surface area contributed by atoms with Crippen molar-refractivity contribution in [1.82, 2.24) is 0 Å². The fraction of sp³-hybridized carbons (Fsp3) is 0.300. The average Bonchev–Trinajstić information content (AvgIpc) is 2.14. The number of halogens is 1. The summed E-state index contributed by atoms with van der Waals surface area (Å²) < 4.78 is 1.15. The second-order valence-corrected chi connectivity index (χ2v) is 3.57. The molecule has 0 aliphatic rings. The fourth-order valence-electron chi connectivity index (χ4n) is 0.893. The maximum Gasteiger partial charge on any atom is 0.0635 e. The lowest BCUT2D eigenvalue weighted by atomic mass is 10.2. The Morgan fingerprint density at radius 2 is 2.00 bits per heavy atom. The molecule has 0 amide bonds. The highest BCUT2D eigenvalue weighted by Crippen LogP contribution is 1.99. The molecule has 0 bridgehead atoms. The predicted octanol–water partition coefficient (Wildman–Crippen LogP) is 3.08. The first-order valence-electron chi connectivity index (χ1n) is 4.01. The summed E-state index contributed by atoms with van der Waals surface area (Å²) in [5, 5.41) is 0. The van der Waals surface area contributed by atoms with Crippen molar-refractivity contribution in [3.8, 4) is 0 Å². The van der Waals surface area contributed by atoms with Crippen LogP contribution in [0.15, 0.2) is 35.3 Å². The van der Waals surface area contributed by atoms with Crippen molar-refractivity contribution in [2.24, 2.45) is 4.99 Å². The van der Waals surface area contributed by atoms with E-state index in [-0.39, 0.29) is 0 Å². The molecule has 0 aliphatic carbocycles. The van der Waals surface area contributed by atoms with E-state index in [4.69, 9.17) is 0 Å². The maximum absolute atomic E-state index is 4.30. The standard InChI is InChI=1S/C10H12IN/c11-7-4-8-12-9-10-5-2-1-3-6-10/h1-3,5-6,8H,4,7,9H2. The van der Waals surface area contributed by atoms with Crippen molar-refractivity contribution in [2.75, 3.05) is 4.43 Å². The molecule has 2 heteroatoms. The SMILES string of the molecule is ICCC=NCc1ccccc1. The molecule has 0 aliphatic heterocycles. The van der Waals surface area contributed by atoms with Crippen LogP contribution < -0.4 is 0 Å². The summed E-state index contributed by atoms with van der Waals surface area (Å²) in [7, 11) is 0. The number of alkyl halides is 1.